The van der Waals surface area contributed by atoms with E-state index in [1.807, 2.05) is 6.20 Å². The second-order valence-electron chi connectivity index (χ2n) is 7.09. The highest BCUT2D eigenvalue weighted by atomic mass is 16.3. The highest BCUT2D eigenvalue weighted by Crippen LogP contribution is 2.36. The van der Waals surface area contributed by atoms with E-state index in [2.05, 4.69) is 51.7 Å². The lowest BCUT2D eigenvalue weighted by Crippen LogP contribution is -2.12. The smallest absolute Gasteiger partial charge is 0.196 e. The largest absolute Gasteiger partial charge is 0.494 e. The van der Waals surface area contributed by atoms with Gasteiger partial charge in [0.2, 0.25) is 0 Å². The zero-order valence-electron chi connectivity index (χ0n) is 12.7. The Hall–Kier alpha value is -1.44. The minimum absolute atomic E-state index is 0.273. The van der Waals surface area contributed by atoms with Crippen molar-refractivity contribution in [1.29, 1.82) is 0 Å². The molecule has 1 unspecified atom stereocenters. The summed E-state index contributed by atoms with van der Waals surface area (Å²) in [5, 5.41) is 9.87. The van der Waals surface area contributed by atoms with Crippen molar-refractivity contribution in [3.05, 3.63) is 29.5 Å². The normalized spacial score (nSPS) is 13.9. The number of aromatic hydroxyl groups is 1. The maximum Gasteiger partial charge on any atom is 0.196 e. The minimum Gasteiger partial charge on any atom is -0.494 e. The molecule has 19 heavy (non-hydrogen) atoms. The van der Waals surface area contributed by atoms with Crippen LogP contribution in [0.15, 0.2) is 18.3 Å². The predicted octanol–water partition coefficient (Wildman–Crippen LogP) is 4.75. The third-order valence-electron chi connectivity index (χ3n) is 3.60. The molecule has 2 heteroatoms. The molecule has 2 rings (SSSR count). The van der Waals surface area contributed by atoms with Crippen LogP contribution in [-0.4, -0.2) is 10.1 Å². The molecule has 0 saturated heterocycles. The third kappa shape index (κ3) is 3.31. The van der Waals surface area contributed by atoms with Gasteiger partial charge in [0.25, 0.3) is 0 Å². The first-order valence-corrected chi connectivity index (χ1v) is 7.06. The van der Waals surface area contributed by atoms with Crippen molar-refractivity contribution in [1.82, 2.24) is 4.98 Å². The van der Waals surface area contributed by atoms with Gasteiger partial charge in [0.05, 0.1) is 0 Å². The van der Waals surface area contributed by atoms with E-state index in [1.54, 1.807) is 0 Å². The number of aromatic amines is 1. The van der Waals surface area contributed by atoms with E-state index in [0.717, 1.165) is 17.5 Å². The number of H-pyrrole nitrogens is 1. The fourth-order valence-corrected chi connectivity index (χ4v) is 3.06. The van der Waals surface area contributed by atoms with Gasteiger partial charge in [-0.25, -0.2) is 0 Å². The van der Waals surface area contributed by atoms with Crippen molar-refractivity contribution in [3.63, 3.8) is 0 Å². The lowest BCUT2D eigenvalue weighted by Gasteiger charge is -2.22. The van der Waals surface area contributed by atoms with Gasteiger partial charge < -0.3 is 10.1 Å². The van der Waals surface area contributed by atoms with E-state index in [4.69, 9.17) is 0 Å². The first-order valence-electron chi connectivity index (χ1n) is 7.06. The summed E-state index contributed by atoms with van der Waals surface area (Å²) in [5.74, 6) is 0.929. The molecule has 0 fully saturated rings. The lowest BCUT2D eigenvalue weighted by atomic mass is 9.83. The summed E-state index contributed by atoms with van der Waals surface area (Å²) in [6.07, 6.45) is 4.15. The van der Waals surface area contributed by atoms with Gasteiger partial charge in [-0.3, -0.25) is 0 Å². The molecule has 104 valence electrons. The van der Waals surface area contributed by atoms with Gasteiger partial charge in [0, 0.05) is 11.8 Å². The molecule has 0 aromatic carbocycles. The van der Waals surface area contributed by atoms with Crippen molar-refractivity contribution in [2.75, 3.05) is 0 Å². The molecule has 0 aromatic heterocycles. The van der Waals surface area contributed by atoms with Crippen LogP contribution in [0.25, 0.3) is 11.1 Å². The number of pyridine rings is 1. The standard InChI is InChI=1S/C17H25NO/c1-11(9-17(3,4)5)6-13-7-14-12(2)10-18-16(19)15(14)8-13/h7-8,10-11,18-19H,6,9H2,1-5H3. The third-order valence-corrected chi connectivity index (χ3v) is 3.60. The molecule has 1 heterocycles. The number of aryl methyl sites for hydroxylation is 1. The van der Waals surface area contributed by atoms with Crippen LogP contribution >= 0.6 is 0 Å². The summed E-state index contributed by atoms with van der Waals surface area (Å²) in [4.78, 5) is 2.90. The van der Waals surface area contributed by atoms with Crippen LogP contribution in [0.5, 0.6) is 5.88 Å². The molecule has 0 radical (unpaired) electrons. The van der Waals surface area contributed by atoms with Gasteiger partial charge in [-0.1, -0.05) is 33.8 Å². The predicted molar refractivity (Wildman–Crippen MR) is 80.8 cm³/mol. The second kappa shape index (κ2) is 4.92. The van der Waals surface area contributed by atoms with Gasteiger partial charge in [-0.05, 0) is 53.9 Å². The highest BCUT2D eigenvalue weighted by Gasteiger charge is 2.18. The van der Waals surface area contributed by atoms with Gasteiger partial charge in [0.15, 0.2) is 5.88 Å². The van der Waals surface area contributed by atoms with Gasteiger partial charge in [-0.2, -0.15) is 0 Å². The second-order valence-corrected chi connectivity index (χ2v) is 7.09. The molecule has 2 N–H and O–H groups in total. The molecular formula is C17H25NO. The summed E-state index contributed by atoms with van der Waals surface area (Å²) in [6, 6.07) is 4.34. The molecule has 0 saturated carbocycles. The van der Waals surface area contributed by atoms with Crippen LogP contribution in [0.2, 0.25) is 0 Å². The Morgan fingerprint density at radius 2 is 1.84 bits per heavy atom. The van der Waals surface area contributed by atoms with Crippen molar-refractivity contribution in [2.24, 2.45) is 11.3 Å². The Morgan fingerprint density at radius 1 is 1.21 bits per heavy atom. The summed E-state index contributed by atoms with van der Waals surface area (Å²) in [5.41, 5.74) is 4.98. The number of hydrogen-bond donors (Lipinski definition) is 2. The van der Waals surface area contributed by atoms with Crippen LogP contribution in [0.4, 0.5) is 0 Å². The van der Waals surface area contributed by atoms with E-state index in [1.165, 1.54) is 17.5 Å². The zero-order chi connectivity index (χ0) is 14.2. The Bertz CT molecular complexity index is 497. The van der Waals surface area contributed by atoms with Crippen LogP contribution in [0.1, 0.15) is 45.2 Å². The van der Waals surface area contributed by atoms with Gasteiger partial charge >= 0.3 is 0 Å². The van der Waals surface area contributed by atoms with Crippen LogP contribution < -0.4 is 0 Å². The molecule has 1 aliphatic heterocycles. The summed E-state index contributed by atoms with van der Waals surface area (Å²) in [6.45, 7) is 11.2. The van der Waals surface area contributed by atoms with E-state index >= 15 is 0 Å². The molecule has 0 spiro atoms. The Morgan fingerprint density at radius 3 is 2.42 bits per heavy atom. The minimum atomic E-state index is 0.273. The summed E-state index contributed by atoms with van der Waals surface area (Å²) < 4.78 is 0. The van der Waals surface area contributed by atoms with Gasteiger partial charge in [-0.15, -0.1) is 0 Å². The number of nitrogens with one attached hydrogen (secondary N) is 1. The van der Waals surface area contributed by atoms with E-state index in [9.17, 15) is 5.11 Å². The molecule has 0 aromatic rings. The first-order chi connectivity index (χ1) is 8.76. The topological polar surface area (TPSA) is 36.0 Å². The Kier molecular flexibility index (Phi) is 3.62. The Balaban J connectivity index is 2.21. The van der Waals surface area contributed by atoms with Crippen molar-refractivity contribution in [2.45, 2.75) is 47.5 Å². The monoisotopic (exact) mass is 259 g/mol. The molecule has 2 nitrogen and oxygen atoms in total. The molecule has 0 amide bonds. The highest BCUT2D eigenvalue weighted by molar-refractivity contribution is 5.75. The van der Waals surface area contributed by atoms with E-state index in [0.29, 0.717) is 11.3 Å². The molecule has 0 bridgehead atoms. The van der Waals surface area contributed by atoms with E-state index < -0.39 is 0 Å². The average Bonchev–Trinajstić information content (AvgIpc) is 2.65. The number of hydrogen-bond acceptors (Lipinski definition) is 1. The summed E-state index contributed by atoms with van der Waals surface area (Å²) in [7, 11) is 0. The number of aromatic nitrogens is 1. The van der Waals surface area contributed by atoms with E-state index in [-0.39, 0.29) is 5.88 Å². The van der Waals surface area contributed by atoms with Crippen molar-refractivity contribution in [3.8, 4) is 17.0 Å². The first kappa shape index (κ1) is 14.0. The molecule has 2 aliphatic rings. The van der Waals surface area contributed by atoms with Crippen LogP contribution in [0.3, 0.4) is 0 Å². The van der Waals surface area contributed by atoms with Crippen LogP contribution in [-0.2, 0) is 6.42 Å². The number of fused-ring (bicyclic) bond motifs is 1. The SMILES string of the molecule is Cc1c[nH]c(O)c2cc(CC(C)CC(C)(C)C)cc1-2. The molecule has 1 aliphatic carbocycles. The van der Waals surface area contributed by atoms with Crippen LogP contribution in [0, 0.1) is 18.3 Å². The number of rotatable bonds is 3. The van der Waals surface area contributed by atoms with Gasteiger partial charge in [0.1, 0.15) is 0 Å². The summed E-state index contributed by atoms with van der Waals surface area (Å²) >= 11 is 0. The van der Waals surface area contributed by atoms with Crippen molar-refractivity contribution < 1.29 is 5.11 Å². The maximum absolute atomic E-state index is 9.87. The maximum atomic E-state index is 9.87. The lowest BCUT2D eigenvalue weighted by molar-refractivity contribution is 0.306. The Labute approximate surface area is 116 Å². The fraction of sp³-hybridized carbons (Fsp3) is 0.529. The zero-order valence-corrected chi connectivity index (χ0v) is 12.7. The quantitative estimate of drug-likeness (QED) is 0.820. The average molecular weight is 259 g/mol. The molecule has 1 atom stereocenters. The fourth-order valence-electron chi connectivity index (χ4n) is 3.06. The molecular weight excluding hydrogens is 234 g/mol. The van der Waals surface area contributed by atoms with Crippen molar-refractivity contribution >= 4 is 0 Å².